The fourth-order valence-corrected chi connectivity index (χ4v) is 3.01. The van der Waals surface area contributed by atoms with Crippen molar-refractivity contribution in [2.45, 2.75) is 19.8 Å². The molecule has 1 aliphatic heterocycles. The van der Waals surface area contributed by atoms with E-state index in [2.05, 4.69) is 15.9 Å². The number of fused-ring (bicyclic) bond motifs is 1. The molecule has 0 N–H and O–H groups in total. The average molecular weight is 331 g/mol. The molecule has 0 aliphatic carbocycles. The van der Waals surface area contributed by atoms with Gasteiger partial charge in [-0.15, -0.1) is 0 Å². The van der Waals surface area contributed by atoms with Gasteiger partial charge in [-0.2, -0.15) is 0 Å². The minimum Gasteiger partial charge on any atom is -0.493 e. The Morgan fingerprint density at radius 1 is 1.20 bits per heavy atom. The summed E-state index contributed by atoms with van der Waals surface area (Å²) in [5.41, 5.74) is 3.61. The summed E-state index contributed by atoms with van der Waals surface area (Å²) in [4.78, 5) is 12.6. The standard InChI is InChI=1S/C17H15BrO2/c1-11-9-14(18)5-6-15(11)17(19)13-4-7-16-12(10-13)3-2-8-20-16/h4-7,9-10H,2-3,8H2,1H3. The van der Waals surface area contributed by atoms with Crippen molar-refractivity contribution >= 4 is 21.7 Å². The number of ether oxygens (including phenoxy) is 1. The third-order valence-electron chi connectivity index (χ3n) is 3.60. The second-order valence-electron chi connectivity index (χ2n) is 5.06. The Balaban J connectivity index is 1.98. The smallest absolute Gasteiger partial charge is 0.193 e. The highest BCUT2D eigenvalue weighted by Gasteiger charge is 2.16. The van der Waals surface area contributed by atoms with Crippen LogP contribution in [0.5, 0.6) is 5.75 Å². The van der Waals surface area contributed by atoms with E-state index in [0.29, 0.717) is 0 Å². The van der Waals surface area contributed by atoms with Crippen LogP contribution in [-0.4, -0.2) is 12.4 Å². The maximum absolute atomic E-state index is 12.6. The van der Waals surface area contributed by atoms with Crippen molar-refractivity contribution in [3.63, 3.8) is 0 Å². The molecule has 0 unspecified atom stereocenters. The Hall–Kier alpha value is -1.61. The molecular weight excluding hydrogens is 316 g/mol. The summed E-state index contributed by atoms with van der Waals surface area (Å²) in [6.45, 7) is 2.73. The Labute approximate surface area is 126 Å². The summed E-state index contributed by atoms with van der Waals surface area (Å²) in [6.07, 6.45) is 2.00. The molecule has 0 saturated carbocycles. The summed E-state index contributed by atoms with van der Waals surface area (Å²) in [7, 11) is 0. The van der Waals surface area contributed by atoms with Crippen LogP contribution in [0.1, 0.15) is 33.5 Å². The first-order chi connectivity index (χ1) is 9.65. The lowest BCUT2D eigenvalue weighted by atomic mass is 9.96. The minimum atomic E-state index is 0.0726. The number of hydrogen-bond donors (Lipinski definition) is 0. The largest absolute Gasteiger partial charge is 0.493 e. The van der Waals surface area contributed by atoms with Gasteiger partial charge in [-0.25, -0.2) is 0 Å². The zero-order chi connectivity index (χ0) is 14.1. The SMILES string of the molecule is Cc1cc(Br)ccc1C(=O)c1ccc2c(c1)CCCO2. The van der Waals surface area contributed by atoms with Gasteiger partial charge in [-0.1, -0.05) is 15.9 Å². The van der Waals surface area contributed by atoms with Crippen molar-refractivity contribution < 1.29 is 9.53 Å². The second kappa shape index (κ2) is 5.41. The highest BCUT2D eigenvalue weighted by atomic mass is 79.9. The summed E-state index contributed by atoms with van der Waals surface area (Å²) in [5.74, 6) is 0.990. The molecule has 2 aromatic carbocycles. The molecule has 0 fully saturated rings. The Kier molecular flexibility index (Phi) is 3.62. The van der Waals surface area contributed by atoms with E-state index in [-0.39, 0.29) is 5.78 Å². The third kappa shape index (κ3) is 2.50. The van der Waals surface area contributed by atoms with Crippen molar-refractivity contribution in [2.24, 2.45) is 0 Å². The van der Waals surface area contributed by atoms with Crippen molar-refractivity contribution in [1.82, 2.24) is 0 Å². The monoisotopic (exact) mass is 330 g/mol. The highest BCUT2D eigenvalue weighted by molar-refractivity contribution is 9.10. The van der Waals surface area contributed by atoms with Crippen LogP contribution in [0.4, 0.5) is 0 Å². The molecule has 0 saturated heterocycles. The molecule has 1 heterocycles. The number of halogens is 1. The lowest BCUT2D eigenvalue weighted by molar-refractivity contribution is 0.103. The molecule has 1 aliphatic rings. The first kappa shape index (κ1) is 13.4. The first-order valence-electron chi connectivity index (χ1n) is 6.72. The molecule has 20 heavy (non-hydrogen) atoms. The predicted octanol–water partition coefficient (Wildman–Crippen LogP) is 4.31. The van der Waals surface area contributed by atoms with Crippen LogP contribution in [0.2, 0.25) is 0 Å². The van der Waals surface area contributed by atoms with Crippen LogP contribution in [0.25, 0.3) is 0 Å². The van der Waals surface area contributed by atoms with Gasteiger partial charge in [0.15, 0.2) is 5.78 Å². The number of carbonyl (C=O) groups is 1. The number of carbonyl (C=O) groups excluding carboxylic acids is 1. The zero-order valence-corrected chi connectivity index (χ0v) is 12.9. The van der Waals surface area contributed by atoms with Gasteiger partial charge in [0.1, 0.15) is 5.75 Å². The van der Waals surface area contributed by atoms with E-state index in [0.717, 1.165) is 51.9 Å². The van der Waals surface area contributed by atoms with Gasteiger partial charge >= 0.3 is 0 Å². The van der Waals surface area contributed by atoms with Crippen LogP contribution in [0, 0.1) is 6.92 Å². The number of hydrogen-bond acceptors (Lipinski definition) is 2. The lowest BCUT2D eigenvalue weighted by Crippen LogP contribution is -2.10. The molecular formula is C17H15BrO2. The van der Waals surface area contributed by atoms with E-state index < -0.39 is 0 Å². The quantitative estimate of drug-likeness (QED) is 0.767. The van der Waals surface area contributed by atoms with E-state index in [1.807, 2.05) is 43.3 Å². The number of rotatable bonds is 2. The molecule has 0 radical (unpaired) electrons. The van der Waals surface area contributed by atoms with Crippen LogP contribution in [-0.2, 0) is 6.42 Å². The third-order valence-corrected chi connectivity index (χ3v) is 4.10. The van der Waals surface area contributed by atoms with Gasteiger partial charge in [0, 0.05) is 15.6 Å². The van der Waals surface area contributed by atoms with Crippen LogP contribution in [0.15, 0.2) is 40.9 Å². The van der Waals surface area contributed by atoms with Crippen LogP contribution >= 0.6 is 15.9 Å². The second-order valence-corrected chi connectivity index (χ2v) is 5.98. The fraction of sp³-hybridized carbons (Fsp3) is 0.235. The Morgan fingerprint density at radius 2 is 2.05 bits per heavy atom. The maximum Gasteiger partial charge on any atom is 0.193 e. The summed E-state index contributed by atoms with van der Waals surface area (Å²) in [5, 5.41) is 0. The van der Waals surface area contributed by atoms with Gasteiger partial charge < -0.3 is 4.74 Å². The number of benzene rings is 2. The van der Waals surface area contributed by atoms with Gasteiger partial charge in [0.25, 0.3) is 0 Å². The van der Waals surface area contributed by atoms with Gasteiger partial charge in [-0.3, -0.25) is 4.79 Å². The van der Waals surface area contributed by atoms with E-state index in [4.69, 9.17) is 4.74 Å². The number of ketones is 1. The van der Waals surface area contributed by atoms with E-state index >= 15 is 0 Å². The molecule has 0 bridgehead atoms. The summed E-state index contributed by atoms with van der Waals surface area (Å²) in [6, 6.07) is 11.5. The van der Waals surface area contributed by atoms with Crippen LogP contribution in [0.3, 0.4) is 0 Å². The zero-order valence-electron chi connectivity index (χ0n) is 11.3. The maximum atomic E-state index is 12.6. The average Bonchev–Trinajstić information content (AvgIpc) is 2.46. The van der Waals surface area contributed by atoms with Gasteiger partial charge in [-0.05, 0) is 67.3 Å². The summed E-state index contributed by atoms with van der Waals surface area (Å²) < 4.78 is 6.58. The molecule has 2 aromatic rings. The molecule has 0 aromatic heterocycles. The first-order valence-corrected chi connectivity index (χ1v) is 7.51. The highest BCUT2D eigenvalue weighted by Crippen LogP contribution is 2.27. The topological polar surface area (TPSA) is 26.3 Å². The summed E-state index contributed by atoms with van der Waals surface area (Å²) >= 11 is 3.42. The van der Waals surface area contributed by atoms with E-state index in [9.17, 15) is 4.79 Å². The van der Waals surface area contributed by atoms with Gasteiger partial charge in [0.05, 0.1) is 6.61 Å². The minimum absolute atomic E-state index is 0.0726. The van der Waals surface area contributed by atoms with Gasteiger partial charge in [0.2, 0.25) is 0 Å². The van der Waals surface area contributed by atoms with E-state index in [1.165, 1.54) is 0 Å². The Bertz CT molecular complexity index is 677. The molecule has 0 amide bonds. The molecule has 2 nitrogen and oxygen atoms in total. The predicted molar refractivity (Wildman–Crippen MR) is 82.6 cm³/mol. The van der Waals surface area contributed by atoms with Crippen molar-refractivity contribution in [2.75, 3.05) is 6.61 Å². The molecule has 0 atom stereocenters. The molecule has 3 rings (SSSR count). The molecule has 102 valence electrons. The molecule has 3 heteroatoms. The number of aryl methyl sites for hydroxylation is 2. The lowest BCUT2D eigenvalue weighted by Gasteiger charge is -2.17. The van der Waals surface area contributed by atoms with Crippen LogP contribution < -0.4 is 4.74 Å². The fourth-order valence-electron chi connectivity index (χ4n) is 2.54. The normalized spacial score (nSPS) is 13.5. The molecule has 0 spiro atoms. The van der Waals surface area contributed by atoms with Crippen molar-refractivity contribution in [3.8, 4) is 5.75 Å². The van der Waals surface area contributed by atoms with Crippen molar-refractivity contribution in [1.29, 1.82) is 0 Å². The van der Waals surface area contributed by atoms with Crippen molar-refractivity contribution in [3.05, 3.63) is 63.1 Å². The Morgan fingerprint density at radius 3 is 2.85 bits per heavy atom. The van der Waals surface area contributed by atoms with E-state index in [1.54, 1.807) is 0 Å².